The smallest absolute Gasteiger partial charge is 0.125 e. The maximum absolute atomic E-state index is 11.3. The van der Waals surface area contributed by atoms with Crippen molar-refractivity contribution >= 4 is 0 Å². The summed E-state index contributed by atoms with van der Waals surface area (Å²) in [7, 11) is 0. The summed E-state index contributed by atoms with van der Waals surface area (Å²) < 4.78 is 5.81. The molecule has 1 aliphatic heterocycles. The molecule has 0 saturated carbocycles. The SMILES string of the molecule is C=C[C@@]1(O)c2ccccc2OCC[C@@H]1c1ccc(C)cc1. The molecule has 21 heavy (non-hydrogen) atoms. The van der Waals surface area contributed by atoms with Crippen molar-refractivity contribution in [3.63, 3.8) is 0 Å². The molecule has 0 bridgehead atoms. The van der Waals surface area contributed by atoms with Gasteiger partial charge in [0.05, 0.1) is 6.61 Å². The van der Waals surface area contributed by atoms with Crippen LogP contribution in [0.4, 0.5) is 0 Å². The van der Waals surface area contributed by atoms with Crippen LogP contribution in [0.15, 0.2) is 61.2 Å². The summed E-state index contributed by atoms with van der Waals surface area (Å²) in [6.45, 7) is 6.54. The zero-order valence-corrected chi connectivity index (χ0v) is 12.3. The third-order valence-corrected chi connectivity index (χ3v) is 4.30. The molecule has 2 nitrogen and oxygen atoms in total. The molecular weight excluding hydrogens is 260 g/mol. The normalized spacial score (nSPS) is 24.6. The maximum Gasteiger partial charge on any atom is 0.125 e. The van der Waals surface area contributed by atoms with Gasteiger partial charge in [-0.25, -0.2) is 0 Å². The first-order valence-electron chi connectivity index (χ1n) is 7.30. The molecular formula is C19H20O2. The monoisotopic (exact) mass is 280 g/mol. The fourth-order valence-corrected chi connectivity index (χ4v) is 3.09. The molecule has 0 amide bonds. The van der Waals surface area contributed by atoms with Gasteiger partial charge in [-0.3, -0.25) is 0 Å². The molecule has 1 heterocycles. The van der Waals surface area contributed by atoms with Crippen LogP contribution >= 0.6 is 0 Å². The molecule has 0 spiro atoms. The van der Waals surface area contributed by atoms with Gasteiger partial charge in [-0.05, 0) is 25.0 Å². The van der Waals surface area contributed by atoms with Crippen LogP contribution in [0.1, 0.15) is 29.0 Å². The van der Waals surface area contributed by atoms with Gasteiger partial charge in [0, 0.05) is 11.5 Å². The number of hydrogen-bond donors (Lipinski definition) is 1. The molecule has 2 aromatic carbocycles. The van der Waals surface area contributed by atoms with Crippen LogP contribution in [0.3, 0.4) is 0 Å². The fourth-order valence-electron chi connectivity index (χ4n) is 3.09. The third-order valence-electron chi connectivity index (χ3n) is 4.30. The minimum Gasteiger partial charge on any atom is -0.493 e. The van der Waals surface area contributed by atoms with Gasteiger partial charge < -0.3 is 9.84 Å². The van der Waals surface area contributed by atoms with Crippen LogP contribution in [0.5, 0.6) is 5.75 Å². The van der Waals surface area contributed by atoms with Gasteiger partial charge in [-0.1, -0.05) is 60.7 Å². The molecule has 2 atom stereocenters. The van der Waals surface area contributed by atoms with Crippen LogP contribution in [-0.4, -0.2) is 11.7 Å². The first-order valence-corrected chi connectivity index (χ1v) is 7.30. The number of hydrogen-bond acceptors (Lipinski definition) is 2. The lowest BCUT2D eigenvalue weighted by atomic mass is 9.76. The van der Waals surface area contributed by atoms with Crippen molar-refractivity contribution in [3.8, 4) is 5.75 Å². The van der Waals surface area contributed by atoms with E-state index in [0.717, 1.165) is 23.3 Å². The molecule has 1 aliphatic rings. The van der Waals surface area contributed by atoms with Crippen molar-refractivity contribution in [2.75, 3.05) is 6.61 Å². The molecule has 3 rings (SSSR count). The number of para-hydroxylation sites is 1. The zero-order chi connectivity index (χ0) is 14.9. The maximum atomic E-state index is 11.3. The van der Waals surface area contributed by atoms with Crippen LogP contribution in [0.2, 0.25) is 0 Å². The van der Waals surface area contributed by atoms with E-state index < -0.39 is 5.60 Å². The van der Waals surface area contributed by atoms with E-state index in [1.165, 1.54) is 5.56 Å². The Morgan fingerprint density at radius 1 is 1.19 bits per heavy atom. The topological polar surface area (TPSA) is 29.5 Å². The lowest BCUT2D eigenvalue weighted by molar-refractivity contribution is 0.0575. The van der Waals surface area contributed by atoms with Gasteiger partial charge in [0.2, 0.25) is 0 Å². The minimum absolute atomic E-state index is 0.0563. The number of benzene rings is 2. The van der Waals surface area contributed by atoms with E-state index in [-0.39, 0.29) is 5.92 Å². The summed E-state index contributed by atoms with van der Waals surface area (Å²) in [4.78, 5) is 0. The van der Waals surface area contributed by atoms with Crippen LogP contribution in [0.25, 0.3) is 0 Å². The largest absolute Gasteiger partial charge is 0.493 e. The van der Waals surface area contributed by atoms with E-state index in [4.69, 9.17) is 4.74 Å². The van der Waals surface area contributed by atoms with Crippen molar-refractivity contribution in [1.29, 1.82) is 0 Å². The standard InChI is InChI=1S/C19H20O2/c1-3-19(20)16(15-10-8-14(2)9-11-15)12-13-21-18-7-5-4-6-17(18)19/h3-11,16,20H,1,12-13H2,2H3/t16-,19+/m1/s1. The lowest BCUT2D eigenvalue weighted by Crippen LogP contribution is -2.30. The van der Waals surface area contributed by atoms with Crippen LogP contribution in [-0.2, 0) is 5.60 Å². The summed E-state index contributed by atoms with van der Waals surface area (Å²) in [6.07, 6.45) is 2.39. The Kier molecular flexibility index (Phi) is 3.56. The van der Waals surface area contributed by atoms with Crippen molar-refractivity contribution in [2.24, 2.45) is 0 Å². The summed E-state index contributed by atoms with van der Waals surface area (Å²) in [6, 6.07) is 16.0. The van der Waals surface area contributed by atoms with Gasteiger partial charge in [-0.2, -0.15) is 0 Å². The van der Waals surface area contributed by atoms with Gasteiger partial charge >= 0.3 is 0 Å². The molecule has 0 aromatic heterocycles. The number of ether oxygens (including phenoxy) is 1. The number of aliphatic hydroxyl groups is 1. The highest BCUT2D eigenvalue weighted by Gasteiger charge is 2.40. The zero-order valence-electron chi connectivity index (χ0n) is 12.3. The van der Waals surface area contributed by atoms with Crippen molar-refractivity contribution < 1.29 is 9.84 Å². The summed E-state index contributed by atoms with van der Waals surface area (Å²) >= 11 is 0. The van der Waals surface area contributed by atoms with Gasteiger partial charge in [0.25, 0.3) is 0 Å². The number of aryl methyl sites for hydroxylation is 1. The Hall–Kier alpha value is -2.06. The molecule has 0 fully saturated rings. The van der Waals surface area contributed by atoms with E-state index >= 15 is 0 Å². The van der Waals surface area contributed by atoms with Gasteiger partial charge in [0.15, 0.2) is 0 Å². The van der Waals surface area contributed by atoms with Gasteiger partial charge in [-0.15, -0.1) is 0 Å². The molecule has 0 saturated heterocycles. The van der Waals surface area contributed by atoms with Gasteiger partial charge in [0.1, 0.15) is 11.4 Å². The quantitative estimate of drug-likeness (QED) is 0.844. The second kappa shape index (κ2) is 5.38. The van der Waals surface area contributed by atoms with Crippen molar-refractivity contribution in [3.05, 3.63) is 77.9 Å². The average Bonchev–Trinajstić information content (AvgIpc) is 2.66. The van der Waals surface area contributed by atoms with E-state index in [1.807, 2.05) is 24.3 Å². The van der Waals surface area contributed by atoms with E-state index in [9.17, 15) is 5.11 Å². The molecule has 0 aliphatic carbocycles. The number of rotatable bonds is 2. The molecule has 108 valence electrons. The summed E-state index contributed by atoms with van der Waals surface area (Å²) in [5, 5.41) is 11.3. The first-order chi connectivity index (χ1) is 10.1. The summed E-state index contributed by atoms with van der Waals surface area (Å²) in [5.74, 6) is 0.689. The Balaban J connectivity index is 2.12. The summed E-state index contributed by atoms with van der Waals surface area (Å²) in [5.41, 5.74) is 2.01. The Bertz CT molecular complexity index is 645. The second-order valence-corrected chi connectivity index (χ2v) is 5.63. The molecule has 0 radical (unpaired) electrons. The Morgan fingerprint density at radius 3 is 2.62 bits per heavy atom. The minimum atomic E-state index is -1.11. The highest BCUT2D eigenvalue weighted by Crippen LogP contribution is 2.45. The van der Waals surface area contributed by atoms with E-state index in [1.54, 1.807) is 6.08 Å². The predicted octanol–water partition coefficient (Wildman–Crippen LogP) is 3.93. The highest BCUT2D eigenvalue weighted by molar-refractivity contribution is 5.45. The van der Waals surface area contributed by atoms with Crippen molar-refractivity contribution in [1.82, 2.24) is 0 Å². The average molecular weight is 280 g/mol. The van der Waals surface area contributed by atoms with E-state index in [2.05, 4.69) is 37.8 Å². The Morgan fingerprint density at radius 2 is 1.90 bits per heavy atom. The van der Waals surface area contributed by atoms with Crippen LogP contribution < -0.4 is 4.74 Å². The number of fused-ring (bicyclic) bond motifs is 1. The van der Waals surface area contributed by atoms with Crippen molar-refractivity contribution in [2.45, 2.75) is 24.9 Å². The van der Waals surface area contributed by atoms with E-state index in [0.29, 0.717) is 6.61 Å². The molecule has 2 aromatic rings. The second-order valence-electron chi connectivity index (χ2n) is 5.63. The fraction of sp³-hybridized carbons (Fsp3) is 0.263. The Labute approximate surface area is 125 Å². The third kappa shape index (κ3) is 2.36. The molecule has 1 N–H and O–H groups in total. The molecule has 2 heteroatoms. The highest BCUT2D eigenvalue weighted by atomic mass is 16.5. The molecule has 0 unspecified atom stereocenters. The predicted molar refractivity (Wildman–Crippen MR) is 84.6 cm³/mol. The lowest BCUT2D eigenvalue weighted by Gasteiger charge is -2.33. The first kappa shape index (κ1) is 13.9. The van der Waals surface area contributed by atoms with Crippen LogP contribution in [0, 0.1) is 6.92 Å².